The second-order valence-corrected chi connectivity index (χ2v) is 3.81. The molecule has 1 rings (SSSR count). The average Bonchev–Trinajstić information content (AvgIpc) is 2.03. The van der Waals surface area contributed by atoms with E-state index in [9.17, 15) is 9.59 Å². The molecule has 3 unspecified atom stereocenters. The first-order chi connectivity index (χ1) is 6.02. The van der Waals surface area contributed by atoms with E-state index in [0.717, 1.165) is 6.42 Å². The summed E-state index contributed by atoms with van der Waals surface area (Å²) in [5.41, 5.74) is 0. The third kappa shape index (κ3) is 6.08. The zero-order valence-electron chi connectivity index (χ0n) is 7.56. The van der Waals surface area contributed by atoms with E-state index < -0.39 is 23.8 Å². The van der Waals surface area contributed by atoms with Gasteiger partial charge < -0.3 is 10.2 Å². The molecule has 0 saturated heterocycles. The number of hydrogen-bond acceptors (Lipinski definition) is 2. The van der Waals surface area contributed by atoms with Gasteiger partial charge in [-0.15, -0.1) is 0 Å². The van der Waals surface area contributed by atoms with Gasteiger partial charge in [0, 0.05) is 0 Å². The van der Waals surface area contributed by atoms with Crippen LogP contribution in [0.3, 0.4) is 0 Å². The second-order valence-electron chi connectivity index (χ2n) is 3.81. The summed E-state index contributed by atoms with van der Waals surface area (Å²) < 4.78 is 0. The van der Waals surface area contributed by atoms with Crippen molar-refractivity contribution in [2.45, 2.75) is 26.2 Å². The SMILES string of the molecule is CC1CCC(C(=O)O)C(C(=O)O)C1.[KH].[KH]. The van der Waals surface area contributed by atoms with E-state index in [4.69, 9.17) is 10.2 Å². The Labute approximate surface area is 174 Å². The van der Waals surface area contributed by atoms with Crippen LogP contribution in [0.4, 0.5) is 0 Å². The Balaban J connectivity index is 0. The van der Waals surface area contributed by atoms with Crippen LogP contribution < -0.4 is 0 Å². The standard InChI is InChI=1S/C9H14O4.2K.2H/c1-5-2-3-6(8(10)11)7(4-5)9(12)13;;;;/h5-7H,2-4H2,1H3,(H,10,11)(H,12,13);;;;. The normalized spacial score (nSPS) is 29.5. The van der Waals surface area contributed by atoms with Crippen LogP contribution in [0.25, 0.3) is 0 Å². The third-order valence-corrected chi connectivity index (χ3v) is 2.75. The van der Waals surface area contributed by atoms with Gasteiger partial charge in [-0.25, -0.2) is 0 Å². The van der Waals surface area contributed by atoms with Gasteiger partial charge in [0.25, 0.3) is 0 Å². The Kier molecular flexibility index (Phi) is 12.0. The van der Waals surface area contributed by atoms with E-state index in [2.05, 4.69) is 0 Å². The molecular weight excluding hydrogens is 250 g/mol. The van der Waals surface area contributed by atoms with Crippen LogP contribution in [0.2, 0.25) is 0 Å². The Hall–Kier alpha value is 2.21. The number of carboxylic acid groups (broad SMARTS) is 2. The molecule has 78 valence electrons. The molecule has 0 heterocycles. The Morgan fingerprint density at radius 2 is 1.47 bits per heavy atom. The fourth-order valence-electron chi connectivity index (χ4n) is 1.95. The number of aliphatic carboxylic acids is 2. The maximum atomic E-state index is 10.8. The molecule has 1 saturated carbocycles. The van der Waals surface area contributed by atoms with Gasteiger partial charge in [0.15, 0.2) is 0 Å². The van der Waals surface area contributed by atoms with Crippen molar-refractivity contribution in [1.82, 2.24) is 0 Å². The average molecular weight is 266 g/mol. The minimum absolute atomic E-state index is 0. The van der Waals surface area contributed by atoms with E-state index in [-0.39, 0.29) is 103 Å². The van der Waals surface area contributed by atoms with Gasteiger partial charge in [-0.1, -0.05) is 6.92 Å². The summed E-state index contributed by atoms with van der Waals surface area (Å²) in [4.78, 5) is 21.5. The molecule has 0 aromatic heterocycles. The molecule has 2 N–H and O–H groups in total. The van der Waals surface area contributed by atoms with Crippen LogP contribution in [-0.4, -0.2) is 125 Å². The molecule has 0 bridgehead atoms. The van der Waals surface area contributed by atoms with Crippen LogP contribution in [0.5, 0.6) is 0 Å². The van der Waals surface area contributed by atoms with E-state index in [0.29, 0.717) is 18.8 Å². The topological polar surface area (TPSA) is 74.6 Å². The number of rotatable bonds is 2. The van der Waals surface area contributed by atoms with Crippen molar-refractivity contribution in [3.63, 3.8) is 0 Å². The number of carbonyl (C=O) groups is 2. The molecule has 0 radical (unpaired) electrons. The zero-order chi connectivity index (χ0) is 10.0. The molecule has 1 fully saturated rings. The molecule has 4 nitrogen and oxygen atoms in total. The van der Waals surface area contributed by atoms with Gasteiger partial charge in [-0.05, 0) is 25.2 Å². The summed E-state index contributed by atoms with van der Waals surface area (Å²) in [6, 6.07) is 0. The van der Waals surface area contributed by atoms with Crippen molar-refractivity contribution in [3.05, 3.63) is 0 Å². The van der Waals surface area contributed by atoms with Crippen LogP contribution >= 0.6 is 0 Å². The van der Waals surface area contributed by atoms with E-state index in [1.807, 2.05) is 6.92 Å². The summed E-state index contributed by atoms with van der Waals surface area (Å²) in [6.07, 6.45) is 1.81. The van der Waals surface area contributed by atoms with Gasteiger partial charge in [0.2, 0.25) is 0 Å². The quantitative estimate of drug-likeness (QED) is 0.685. The molecule has 0 amide bonds. The molecule has 1 aliphatic carbocycles. The number of carboxylic acids is 2. The van der Waals surface area contributed by atoms with E-state index in [1.165, 1.54) is 0 Å². The first-order valence-corrected chi connectivity index (χ1v) is 4.48. The van der Waals surface area contributed by atoms with Crippen LogP contribution in [0.1, 0.15) is 26.2 Å². The molecule has 0 aromatic carbocycles. The zero-order valence-corrected chi connectivity index (χ0v) is 7.56. The van der Waals surface area contributed by atoms with Gasteiger partial charge in [-0.3, -0.25) is 9.59 Å². The van der Waals surface area contributed by atoms with Gasteiger partial charge in [0.05, 0.1) is 11.8 Å². The van der Waals surface area contributed by atoms with Crippen molar-refractivity contribution >= 4 is 115 Å². The predicted molar refractivity (Wildman–Crippen MR) is 59.6 cm³/mol. The molecule has 6 heteroatoms. The first kappa shape index (κ1) is 19.6. The Morgan fingerprint density at radius 1 is 1.00 bits per heavy atom. The summed E-state index contributed by atoms with van der Waals surface area (Å²) in [5, 5.41) is 17.6. The van der Waals surface area contributed by atoms with Gasteiger partial charge in [0.1, 0.15) is 0 Å². The van der Waals surface area contributed by atoms with E-state index >= 15 is 0 Å². The van der Waals surface area contributed by atoms with Gasteiger partial charge in [-0.2, -0.15) is 0 Å². The predicted octanol–water partition coefficient (Wildman–Crippen LogP) is -0.0890. The Morgan fingerprint density at radius 3 is 1.87 bits per heavy atom. The van der Waals surface area contributed by atoms with Crippen LogP contribution in [0, 0.1) is 17.8 Å². The Bertz CT molecular complexity index is 232. The third-order valence-electron chi connectivity index (χ3n) is 2.75. The summed E-state index contributed by atoms with van der Waals surface area (Å²) in [7, 11) is 0. The van der Waals surface area contributed by atoms with Crippen molar-refractivity contribution in [1.29, 1.82) is 0 Å². The van der Waals surface area contributed by atoms with Crippen molar-refractivity contribution in [2.24, 2.45) is 17.8 Å². The molecule has 0 aromatic rings. The summed E-state index contributed by atoms with van der Waals surface area (Å²) in [5.74, 6) is -3.00. The first-order valence-electron chi connectivity index (χ1n) is 4.48. The molecule has 3 atom stereocenters. The van der Waals surface area contributed by atoms with Crippen LogP contribution in [0.15, 0.2) is 0 Å². The molecule has 15 heavy (non-hydrogen) atoms. The molecular formula is C9H16K2O4. The van der Waals surface area contributed by atoms with Gasteiger partial charge >= 0.3 is 115 Å². The monoisotopic (exact) mass is 266 g/mol. The van der Waals surface area contributed by atoms with E-state index in [1.54, 1.807) is 0 Å². The fourth-order valence-corrected chi connectivity index (χ4v) is 1.95. The fraction of sp³-hybridized carbons (Fsp3) is 0.778. The van der Waals surface area contributed by atoms with Crippen molar-refractivity contribution in [3.8, 4) is 0 Å². The molecule has 1 aliphatic rings. The second kappa shape index (κ2) is 9.18. The van der Waals surface area contributed by atoms with Crippen LogP contribution in [-0.2, 0) is 9.59 Å². The maximum absolute atomic E-state index is 10.8. The molecule has 0 spiro atoms. The molecule has 0 aliphatic heterocycles. The summed E-state index contributed by atoms with van der Waals surface area (Å²) >= 11 is 0. The minimum atomic E-state index is -0.973. The van der Waals surface area contributed by atoms with Crippen molar-refractivity contribution in [2.75, 3.05) is 0 Å². The van der Waals surface area contributed by atoms with Crippen molar-refractivity contribution < 1.29 is 19.8 Å². The summed E-state index contributed by atoms with van der Waals surface area (Å²) in [6.45, 7) is 1.97. The number of hydrogen-bond donors (Lipinski definition) is 2.